The largest absolute Gasteiger partial charge is 0.393 e. The molecular weight excluding hydrogens is 300 g/mol. The van der Waals surface area contributed by atoms with E-state index in [1.807, 2.05) is 26.0 Å². The van der Waals surface area contributed by atoms with Crippen LogP contribution in [0.5, 0.6) is 0 Å². The third-order valence-electron chi connectivity index (χ3n) is 2.46. The average molecular weight is 315 g/mol. The SMILES string of the molecule is CC(C)(CNC(=O)c1ccc(Br)cc1)C(N)=S. The summed E-state index contributed by atoms with van der Waals surface area (Å²) in [6.07, 6.45) is 0. The molecule has 0 saturated heterocycles. The van der Waals surface area contributed by atoms with Crippen molar-refractivity contribution in [1.82, 2.24) is 5.32 Å². The van der Waals surface area contributed by atoms with Gasteiger partial charge in [-0.25, -0.2) is 0 Å². The standard InChI is InChI=1S/C12H15BrN2OS/c1-12(2,11(14)17)7-15-10(16)8-3-5-9(13)6-4-8/h3-6H,7H2,1-2H3,(H2,14,17)(H,15,16). The highest BCUT2D eigenvalue weighted by Gasteiger charge is 2.22. The van der Waals surface area contributed by atoms with E-state index >= 15 is 0 Å². The summed E-state index contributed by atoms with van der Waals surface area (Å²) < 4.78 is 0.942. The Hall–Kier alpha value is -0.940. The summed E-state index contributed by atoms with van der Waals surface area (Å²) in [4.78, 5) is 12.2. The van der Waals surface area contributed by atoms with Crippen molar-refractivity contribution < 1.29 is 4.79 Å². The molecule has 5 heteroatoms. The molecule has 0 aliphatic rings. The van der Waals surface area contributed by atoms with Crippen LogP contribution in [0.25, 0.3) is 0 Å². The molecule has 0 unspecified atom stereocenters. The van der Waals surface area contributed by atoms with Gasteiger partial charge < -0.3 is 11.1 Å². The molecule has 0 atom stereocenters. The molecule has 0 aliphatic carbocycles. The third kappa shape index (κ3) is 4.09. The Bertz CT molecular complexity index is 429. The maximum absolute atomic E-state index is 11.8. The number of carbonyl (C=O) groups is 1. The number of nitrogens with two attached hydrogens (primary N) is 1. The summed E-state index contributed by atoms with van der Waals surface area (Å²) >= 11 is 8.26. The predicted molar refractivity (Wildman–Crippen MR) is 77.0 cm³/mol. The number of amides is 1. The number of carbonyl (C=O) groups excluding carboxylic acids is 1. The Kier molecular flexibility index (Phi) is 4.65. The summed E-state index contributed by atoms with van der Waals surface area (Å²) in [5.74, 6) is -0.123. The van der Waals surface area contributed by atoms with E-state index in [1.54, 1.807) is 12.1 Å². The predicted octanol–water partition coefficient (Wildman–Crippen LogP) is 2.49. The van der Waals surface area contributed by atoms with Gasteiger partial charge >= 0.3 is 0 Å². The van der Waals surface area contributed by atoms with E-state index in [0.29, 0.717) is 17.1 Å². The minimum absolute atomic E-state index is 0.123. The van der Waals surface area contributed by atoms with Gasteiger partial charge in [-0.1, -0.05) is 42.0 Å². The Morgan fingerprint density at radius 3 is 2.41 bits per heavy atom. The molecule has 1 amide bonds. The number of benzene rings is 1. The molecule has 0 aromatic heterocycles. The topological polar surface area (TPSA) is 55.1 Å². The quantitative estimate of drug-likeness (QED) is 0.840. The van der Waals surface area contributed by atoms with Crippen molar-refractivity contribution in [2.75, 3.05) is 6.54 Å². The molecule has 0 spiro atoms. The summed E-state index contributed by atoms with van der Waals surface area (Å²) in [5, 5.41) is 2.82. The third-order valence-corrected chi connectivity index (χ3v) is 3.55. The van der Waals surface area contributed by atoms with Crippen LogP contribution < -0.4 is 11.1 Å². The first-order valence-electron chi connectivity index (χ1n) is 5.16. The average Bonchev–Trinajstić information content (AvgIpc) is 2.27. The molecule has 0 radical (unpaired) electrons. The Balaban J connectivity index is 2.62. The van der Waals surface area contributed by atoms with Crippen LogP contribution in [0.2, 0.25) is 0 Å². The lowest BCUT2D eigenvalue weighted by Gasteiger charge is -2.23. The highest BCUT2D eigenvalue weighted by molar-refractivity contribution is 9.10. The van der Waals surface area contributed by atoms with Gasteiger partial charge in [-0.05, 0) is 24.3 Å². The van der Waals surface area contributed by atoms with Gasteiger partial charge in [0.2, 0.25) is 0 Å². The van der Waals surface area contributed by atoms with Crippen molar-refractivity contribution in [3.05, 3.63) is 34.3 Å². The van der Waals surface area contributed by atoms with Gasteiger partial charge in [0.25, 0.3) is 5.91 Å². The Morgan fingerprint density at radius 1 is 1.41 bits per heavy atom. The molecule has 1 aromatic carbocycles. The lowest BCUT2D eigenvalue weighted by Crippen LogP contribution is -2.41. The minimum atomic E-state index is -0.375. The first kappa shape index (κ1) is 14.1. The van der Waals surface area contributed by atoms with Crippen LogP contribution in [0, 0.1) is 5.41 Å². The smallest absolute Gasteiger partial charge is 0.251 e. The fraction of sp³-hybridized carbons (Fsp3) is 0.333. The Morgan fingerprint density at radius 2 is 1.94 bits per heavy atom. The lowest BCUT2D eigenvalue weighted by molar-refractivity contribution is 0.0945. The van der Waals surface area contributed by atoms with Gasteiger partial charge in [-0.3, -0.25) is 4.79 Å². The minimum Gasteiger partial charge on any atom is -0.393 e. The summed E-state index contributed by atoms with van der Waals surface area (Å²) in [5.41, 5.74) is 5.83. The van der Waals surface area contributed by atoms with Crippen molar-refractivity contribution in [2.45, 2.75) is 13.8 Å². The van der Waals surface area contributed by atoms with Crippen LogP contribution >= 0.6 is 28.1 Å². The number of nitrogens with one attached hydrogen (secondary N) is 1. The van der Waals surface area contributed by atoms with Crippen molar-refractivity contribution in [3.8, 4) is 0 Å². The van der Waals surface area contributed by atoms with Gasteiger partial charge in [0.05, 0.1) is 4.99 Å². The monoisotopic (exact) mass is 314 g/mol. The van der Waals surface area contributed by atoms with Crippen molar-refractivity contribution in [3.63, 3.8) is 0 Å². The van der Waals surface area contributed by atoms with Gasteiger partial charge in [-0.15, -0.1) is 0 Å². The Labute approximate surface area is 115 Å². The second-order valence-electron chi connectivity index (χ2n) is 4.44. The van der Waals surface area contributed by atoms with Crippen LogP contribution in [-0.2, 0) is 0 Å². The maximum atomic E-state index is 11.8. The number of hydrogen-bond donors (Lipinski definition) is 2. The van der Waals surface area contributed by atoms with E-state index < -0.39 is 0 Å². The highest BCUT2D eigenvalue weighted by atomic mass is 79.9. The second kappa shape index (κ2) is 5.60. The van der Waals surface area contributed by atoms with E-state index in [-0.39, 0.29) is 11.3 Å². The zero-order valence-electron chi connectivity index (χ0n) is 9.79. The molecular formula is C12H15BrN2OS. The first-order chi connectivity index (χ1) is 7.83. The van der Waals surface area contributed by atoms with E-state index in [2.05, 4.69) is 21.2 Å². The molecule has 0 aliphatic heterocycles. The van der Waals surface area contributed by atoms with E-state index in [0.717, 1.165) is 4.47 Å². The number of hydrogen-bond acceptors (Lipinski definition) is 2. The molecule has 1 aromatic rings. The normalized spacial score (nSPS) is 11.0. The summed E-state index contributed by atoms with van der Waals surface area (Å²) in [6, 6.07) is 7.17. The van der Waals surface area contributed by atoms with Crippen molar-refractivity contribution >= 4 is 39.0 Å². The summed E-state index contributed by atoms with van der Waals surface area (Å²) in [7, 11) is 0. The fourth-order valence-corrected chi connectivity index (χ4v) is 1.43. The molecule has 3 nitrogen and oxygen atoms in total. The molecule has 0 bridgehead atoms. The van der Waals surface area contributed by atoms with E-state index in [9.17, 15) is 4.79 Å². The van der Waals surface area contributed by atoms with Crippen molar-refractivity contribution in [1.29, 1.82) is 0 Å². The number of thiocarbonyl (C=S) groups is 1. The van der Waals surface area contributed by atoms with Gasteiger partial charge in [0, 0.05) is 22.0 Å². The fourth-order valence-electron chi connectivity index (χ4n) is 1.09. The molecule has 0 saturated carbocycles. The van der Waals surface area contributed by atoms with Crippen LogP contribution in [0.1, 0.15) is 24.2 Å². The second-order valence-corrected chi connectivity index (χ2v) is 5.79. The number of rotatable bonds is 4. The summed E-state index contributed by atoms with van der Waals surface area (Å²) in [6.45, 7) is 4.23. The number of halogens is 1. The van der Waals surface area contributed by atoms with Crippen molar-refractivity contribution in [2.24, 2.45) is 11.1 Å². The van der Waals surface area contributed by atoms with E-state index in [1.165, 1.54) is 0 Å². The zero-order chi connectivity index (χ0) is 13.1. The highest BCUT2D eigenvalue weighted by Crippen LogP contribution is 2.14. The molecule has 3 N–H and O–H groups in total. The van der Waals surface area contributed by atoms with Gasteiger partial charge in [-0.2, -0.15) is 0 Å². The van der Waals surface area contributed by atoms with Crippen LogP contribution in [0.15, 0.2) is 28.7 Å². The van der Waals surface area contributed by atoms with Crippen LogP contribution in [-0.4, -0.2) is 17.4 Å². The zero-order valence-corrected chi connectivity index (χ0v) is 12.2. The van der Waals surface area contributed by atoms with E-state index in [4.69, 9.17) is 18.0 Å². The first-order valence-corrected chi connectivity index (χ1v) is 6.37. The van der Waals surface area contributed by atoms with Crippen LogP contribution in [0.3, 0.4) is 0 Å². The molecule has 0 heterocycles. The van der Waals surface area contributed by atoms with Gasteiger partial charge in [0.15, 0.2) is 0 Å². The molecule has 1 rings (SSSR count). The molecule has 17 heavy (non-hydrogen) atoms. The lowest BCUT2D eigenvalue weighted by atomic mass is 9.93. The maximum Gasteiger partial charge on any atom is 0.251 e. The molecule has 92 valence electrons. The van der Waals surface area contributed by atoms with Crippen LogP contribution in [0.4, 0.5) is 0 Å². The molecule has 0 fully saturated rings. The van der Waals surface area contributed by atoms with Gasteiger partial charge in [0.1, 0.15) is 0 Å².